The van der Waals surface area contributed by atoms with Crippen LogP contribution >= 0.6 is 0 Å². The molecule has 1 aliphatic heterocycles. The summed E-state index contributed by atoms with van der Waals surface area (Å²) in [6.07, 6.45) is 3.10. The lowest BCUT2D eigenvalue weighted by molar-refractivity contribution is 0.0289. The molecule has 0 unspecified atom stereocenters. The van der Waals surface area contributed by atoms with Crippen molar-refractivity contribution in [3.8, 4) is 0 Å². The van der Waals surface area contributed by atoms with Crippen molar-refractivity contribution in [2.45, 2.75) is 51.7 Å². The van der Waals surface area contributed by atoms with Crippen molar-refractivity contribution < 1.29 is 9.53 Å². The van der Waals surface area contributed by atoms with Crippen LogP contribution in [0.4, 0.5) is 16.4 Å². The minimum atomic E-state index is -0.461. The van der Waals surface area contributed by atoms with Crippen LogP contribution in [0.15, 0.2) is 24.3 Å². The summed E-state index contributed by atoms with van der Waals surface area (Å²) in [4.78, 5) is 23.6. The second-order valence-electron chi connectivity index (χ2n) is 8.79. The van der Waals surface area contributed by atoms with E-state index in [1.165, 1.54) is 12.8 Å². The molecule has 1 saturated heterocycles. The van der Waals surface area contributed by atoms with Crippen molar-refractivity contribution in [3.05, 3.63) is 24.3 Å². The van der Waals surface area contributed by atoms with Gasteiger partial charge >= 0.3 is 6.09 Å². The molecule has 7 nitrogen and oxygen atoms in total. The topological polar surface area (TPSA) is 79.4 Å². The molecule has 0 bridgehead atoms. The zero-order chi connectivity index (χ0) is 19.7. The molecule has 1 amide bonds. The number of carbonyl (C=O) groups is 1. The Bertz CT molecular complexity index is 859. The summed E-state index contributed by atoms with van der Waals surface area (Å²) in [5.74, 6) is 1.99. The first kappa shape index (κ1) is 18.8. The minimum Gasteiger partial charge on any atom is -0.444 e. The lowest BCUT2D eigenvalue weighted by Crippen LogP contribution is -2.35. The summed E-state index contributed by atoms with van der Waals surface area (Å²) in [6, 6.07) is 8.43. The largest absolute Gasteiger partial charge is 0.444 e. The first-order valence-corrected chi connectivity index (χ1v) is 10.1. The molecule has 1 saturated carbocycles. The van der Waals surface area contributed by atoms with E-state index < -0.39 is 5.60 Å². The van der Waals surface area contributed by atoms with Crippen LogP contribution < -0.4 is 10.6 Å². The Balaban J connectivity index is 1.40. The van der Waals surface area contributed by atoms with Crippen molar-refractivity contribution in [2.75, 3.05) is 30.3 Å². The minimum absolute atomic E-state index is 0.225. The van der Waals surface area contributed by atoms with Crippen LogP contribution in [-0.2, 0) is 4.74 Å². The maximum atomic E-state index is 12.3. The van der Waals surface area contributed by atoms with Crippen LogP contribution in [0.5, 0.6) is 0 Å². The molecule has 1 aromatic carbocycles. The number of likely N-dealkylation sites (tertiary alicyclic amines) is 1. The van der Waals surface area contributed by atoms with Gasteiger partial charge in [0.15, 0.2) is 11.6 Å². The zero-order valence-electron chi connectivity index (χ0n) is 16.9. The maximum absolute atomic E-state index is 12.3. The highest BCUT2D eigenvalue weighted by Crippen LogP contribution is 2.29. The highest BCUT2D eigenvalue weighted by Gasteiger charge is 2.30. The number of benzene rings is 1. The first-order chi connectivity index (χ1) is 13.4. The zero-order valence-corrected chi connectivity index (χ0v) is 16.9. The van der Waals surface area contributed by atoms with Gasteiger partial charge in [-0.1, -0.05) is 12.1 Å². The number of fused-ring (bicyclic) bond motifs is 1. The number of nitrogens with one attached hydrogen (secondary N) is 2. The number of para-hydroxylation sites is 2. The van der Waals surface area contributed by atoms with Crippen molar-refractivity contribution in [1.82, 2.24) is 14.9 Å². The van der Waals surface area contributed by atoms with E-state index in [2.05, 4.69) is 10.6 Å². The number of rotatable bonds is 5. The number of aromatic nitrogens is 2. The van der Waals surface area contributed by atoms with Gasteiger partial charge in [-0.15, -0.1) is 0 Å². The molecule has 2 N–H and O–H groups in total. The Labute approximate surface area is 165 Å². The number of anilines is 2. The van der Waals surface area contributed by atoms with Crippen LogP contribution in [0.2, 0.25) is 0 Å². The molecule has 0 radical (unpaired) electrons. The van der Waals surface area contributed by atoms with E-state index in [1.807, 2.05) is 45.0 Å². The fourth-order valence-corrected chi connectivity index (χ4v) is 3.38. The molecule has 150 valence electrons. The lowest BCUT2D eigenvalue weighted by atomic mass is 10.1. The van der Waals surface area contributed by atoms with E-state index in [1.54, 1.807) is 4.90 Å². The molecule has 0 spiro atoms. The first-order valence-electron chi connectivity index (χ1n) is 10.1. The molecule has 1 aromatic heterocycles. The average molecular weight is 383 g/mol. The van der Waals surface area contributed by atoms with E-state index >= 15 is 0 Å². The van der Waals surface area contributed by atoms with Crippen LogP contribution in [0.3, 0.4) is 0 Å². The predicted molar refractivity (Wildman–Crippen MR) is 111 cm³/mol. The molecule has 1 aliphatic carbocycles. The Hall–Kier alpha value is -2.57. The summed E-state index contributed by atoms with van der Waals surface area (Å²) >= 11 is 0. The standard InChI is InChI=1S/C21H29N5O2/c1-21(2,3)28-20(27)26-11-10-14(13-26)12-22-18-19(23-15-8-9-15)25-17-7-5-4-6-16(17)24-18/h4-7,14-15H,8-13H2,1-3H3,(H,22,24)(H,23,25)/t14-/m1/s1. The molecule has 4 rings (SSSR count). The molecular formula is C21H29N5O2. The van der Waals surface area contributed by atoms with Gasteiger partial charge in [-0.2, -0.15) is 0 Å². The number of ether oxygens (including phenoxy) is 1. The van der Waals surface area contributed by atoms with Gasteiger partial charge in [0.1, 0.15) is 5.60 Å². The van der Waals surface area contributed by atoms with Crippen LogP contribution in [0, 0.1) is 5.92 Å². The normalized spacial score (nSPS) is 19.7. The fourth-order valence-electron chi connectivity index (χ4n) is 3.38. The Kier molecular flexibility index (Phi) is 5.00. The Morgan fingerprint density at radius 1 is 1.14 bits per heavy atom. The summed E-state index contributed by atoms with van der Waals surface area (Å²) in [7, 11) is 0. The van der Waals surface area contributed by atoms with Crippen LogP contribution in [0.1, 0.15) is 40.0 Å². The summed E-state index contributed by atoms with van der Waals surface area (Å²) < 4.78 is 5.48. The van der Waals surface area contributed by atoms with Gasteiger partial charge < -0.3 is 20.3 Å². The van der Waals surface area contributed by atoms with Crippen LogP contribution in [0.25, 0.3) is 11.0 Å². The van der Waals surface area contributed by atoms with E-state index in [0.29, 0.717) is 18.5 Å². The number of hydrogen-bond acceptors (Lipinski definition) is 6. The highest BCUT2D eigenvalue weighted by molar-refractivity contribution is 5.80. The van der Waals surface area contributed by atoms with Gasteiger partial charge in [0.05, 0.1) is 11.0 Å². The SMILES string of the molecule is CC(C)(C)OC(=O)N1CC[C@H](CNc2nc3ccccc3nc2NC2CC2)C1. The lowest BCUT2D eigenvalue weighted by Gasteiger charge is -2.24. The number of amides is 1. The van der Waals surface area contributed by atoms with E-state index in [-0.39, 0.29) is 6.09 Å². The van der Waals surface area contributed by atoms with E-state index in [4.69, 9.17) is 14.7 Å². The highest BCUT2D eigenvalue weighted by atomic mass is 16.6. The smallest absolute Gasteiger partial charge is 0.410 e. The van der Waals surface area contributed by atoms with E-state index in [0.717, 1.165) is 42.2 Å². The molecule has 2 aliphatic rings. The van der Waals surface area contributed by atoms with Gasteiger partial charge in [0, 0.05) is 25.7 Å². The predicted octanol–water partition coefficient (Wildman–Crippen LogP) is 3.87. The second kappa shape index (κ2) is 7.45. The molecular weight excluding hydrogens is 354 g/mol. The summed E-state index contributed by atoms with van der Waals surface area (Å²) in [6.45, 7) is 7.88. The van der Waals surface area contributed by atoms with Gasteiger partial charge in [0.25, 0.3) is 0 Å². The van der Waals surface area contributed by atoms with Gasteiger partial charge in [-0.05, 0) is 58.1 Å². The molecule has 2 heterocycles. The molecule has 2 fully saturated rings. The second-order valence-corrected chi connectivity index (χ2v) is 8.79. The maximum Gasteiger partial charge on any atom is 0.410 e. The molecule has 28 heavy (non-hydrogen) atoms. The Morgan fingerprint density at radius 2 is 1.82 bits per heavy atom. The van der Waals surface area contributed by atoms with Crippen molar-refractivity contribution in [1.29, 1.82) is 0 Å². The number of carbonyl (C=O) groups excluding carboxylic acids is 1. The molecule has 2 aromatic rings. The van der Waals surface area contributed by atoms with Crippen molar-refractivity contribution in [3.63, 3.8) is 0 Å². The van der Waals surface area contributed by atoms with Gasteiger partial charge in [-0.25, -0.2) is 14.8 Å². The quantitative estimate of drug-likeness (QED) is 0.816. The van der Waals surface area contributed by atoms with Gasteiger partial charge in [0.2, 0.25) is 0 Å². The fraction of sp³-hybridized carbons (Fsp3) is 0.571. The molecule has 7 heteroatoms. The molecule has 1 atom stereocenters. The number of hydrogen-bond donors (Lipinski definition) is 2. The summed E-state index contributed by atoms with van der Waals surface area (Å²) in [5.41, 5.74) is 1.32. The third kappa shape index (κ3) is 4.64. The Morgan fingerprint density at radius 3 is 2.46 bits per heavy atom. The monoisotopic (exact) mass is 383 g/mol. The van der Waals surface area contributed by atoms with Gasteiger partial charge in [-0.3, -0.25) is 0 Å². The van der Waals surface area contributed by atoms with Crippen LogP contribution in [-0.4, -0.2) is 52.2 Å². The third-order valence-electron chi connectivity index (χ3n) is 4.98. The third-order valence-corrected chi connectivity index (χ3v) is 4.98. The number of nitrogens with zero attached hydrogens (tertiary/aromatic N) is 3. The van der Waals surface area contributed by atoms with Crippen molar-refractivity contribution >= 4 is 28.8 Å². The van der Waals surface area contributed by atoms with E-state index in [9.17, 15) is 4.79 Å². The summed E-state index contributed by atoms with van der Waals surface area (Å²) in [5, 5.41) is 6.96. The average Bonchev–Trinajstić information content (AvgIpc) is 3.32. The van der Waals surface area contributed by atoms with Crippen molar-refractivity contribution in [2.24, 2.45) is 5.92 Å².